The minimum Gasteiger partial charge on any atom is -0.267 e. The van der Waals surface area contributed by atoms with Crippen molar-refractivity contribution >= 4 is 17.3 Å². The SMILES string of the molecule is CC(=NNC(=O)c1ccc([N+](=O)[O-])c(C)c1)c1ccncc1. The van der Waals surface area contributed by atoms with Gasteiger partial charge in [-0.2, -0.15) is 5.10 Å². The second-order valence-electron chi connectivity index (χ2n) is 4.63. The number of pyridine rings is 1. The predicted molar refractivity (Wildman–Crippen MR) is 81.7 cm³/mol. The quantitative estimate of drug-likeness (QED) is 0.532. The molecule has 1 heterocycles. The Balaban J connectivity index is 2.13. The molecule has 0 aliphatic heterocycles. The molecule has 7 nitrogen and oxygen atoms in total. The average molecular weight is 298 g/mol. The molecule has 0 saturated heterocycles. The number of hydrogen-bond acceptors (Lipinski definition) is 5. The number of nitro groups is 1. The third-order valence-electron chi connectivity index (χ3n) is 3.08. The third kappa shape index (κ3) is 3.51. The van der Waals surface area contributed by atoms with Crippen molar-refractivity contribution in [2.24, 2.45) is 5.10 Å². The van der Waals surface area contributed by atoms with Crippen molar-refractivity contribution in [3.8, 4) is 0 Å². The van der Waals surface area contributed by atoms with Crippen LogP contribution >= 0.6 is 0 Å². The fourth-order valence-corrected chi connectivity index (χ4v) is 1.86. The van der Waals surface area contributed by atoms with E-state index < -0.39 is 10.8 Å². The highest BCUT2D eigenvalue weighted by molar-refractivity contribution is 6.00. The zero-order valence-electron chi connectivity index (χ0n) is 12.1. The highest BCUT2D eigenvalue weighted by atomic mass is 16.6. The maximum absolute atomic E-state index is 12.0. The summed E-state index contributed by atoms with van der Waals surface area (Å²) in [5, 5.41) is 14.8. The summed E-state index contributed by atoms with van der Waals surface area (Å²) in [7, 11) is 0. The molecule has 112 valence electrons. The first-order valence-electron chi connectivity index (χ1n) is 6.49. The van der Waals surface area contributed by atoms with Gasteiger partial charge in [-0.15, -0.1) is 0 Å². The van der Waals surface area contributed by atoms with E-state index >= 15 is 0 Å². The van der Waals surface area contributed by atoms with E-state index in [0.717, 1.165) is 5.56 Å². The van der Waals surface area contributed by atoms with Gasteiger partial charge >= 0.3 is 0 Å². The molecule has 0 bridgehead atoms. The van der Waals surface area contributed by atoms with Gasteiger partial charge in [0.2, 0.25) is 0 Å². The van der Waals surface area contributed by atoms with Crippen molar-refractivity contribution in [2.45, 2.75) is 13.8 Å². The summed E-state index contributed by atoms with van der Waals surface area (Å²) in [6.07, 6.45) is 3.27. The lowest BCUT2D eigenvalue weighted by molar-refractivity contribution is -0.385. The Morgan fingerprint density at radius 2 is 1.91 bits per heavy atom. The Kier molecular flexibility index (Phi) is 4.57. The van der Waals surface area contributed by atoms with Gasteiger partial charge in [0.1, 0.15) is 0 Å². The number of carbonyl (C=O) groups excluding carboxylic acids is 1. The van der Waals surface area contributed by atoms with Crippen molar-refractivity contribution in [3.05, 3.63) is 69.5 Å². The minimum absolute atomic E-state index is 0.0204. The number of nitro benzene ring substituents is 1. The maximum Gasteiger partial charge on any atom is 0.272 e. The maximum atomic E-state index is 12.0. The number of nitrogens with one attached hydrogen (secondary N) is 1. The minimum atomic E-state index is -0.483. The number of benzene rings is 1. The molecule has 1 N–H and O–H groups in total. The smallest absolute Gasteiger partial charge is 0.267 e. The molecule has 0 radical (unpaired) electrons. The fraction of sp³-hybridized carbons (Fsp3) is 0.133. The van der Waals surface area contributed by atoms with Crippen LogP contribution in [0.15, 0.2) is 47.8 Å². The van der Waals surface area contributed by atoms with E-state index in [1.54, 1.807) is 38.4 Å². The second kappa shape index (κ2) is 6.57. The molecule has 0 aliphatic rings. The first-order valence-corrected chi connectivity index (χ1v) is 6.49. The summed E-state index contributed by atoms with van der Waals surface area (Å²) in [5.41, 5.74) is 4.63. The normalized spacial score (nSPS) is 11.1. The highest BCUT2D eigenvalue weighted by Crippen LogP contribution is 2.18. The van der Waals surface area contributed by atoms with Crippen LogP contribution < -0.4 is 5.43 Å². The van der Waals surface area contributed by atoms with Crippen molar-refractivity contribution in [1.29, 1.82) is 0 Å². The zero-order chi connectivity index (χ0) is 16.1. The number of aromatic nitrogens is 1. The van der Waals surface area contributed by atoms with E-state index in [4.69, 9.17) is 0 Å². The summed E-state index contributed by atoms with van der Waals surface area (Å²) < 4.78 is 0. The number of hydrogen-bond donors (Lipinski definition) is 1. The summed E-state index contributed by atoms with van der Waals surface area (Å²) in [4.78, 5) is 26.2. The van der Waals surface area contributed by atoms with Gasteiger partial charge < -0.3 is 0 Å². The van der Waals surface area contributed by atoms with Crippen LogP contribution in [-0.4, -0.2) is 21.5 Å². The van der Waals surface area contributed by atoms with Gasteiger partial charge in [0.05, 0.1) is 10.6 Å². The molecular weight excluding hydrogens is 284 g/mol. The van der Waals surface area contributed by atoms with Gasteiger partial charge in [-0.25, -0.2) is 5.43 Å². The Morgan fingerprint density at radius 1 is 1.23 bits per heavy atom. The lowest BCUT2D eigenvalue weighted by Gasteiger charge is -2.04. The molecule has 0 fully saturated rings. The summed E-state index contributed by atoms with van der Waals surface area (Å²) in [6, 6.07) is 7.73. The van der Waals surface area contributed by atoms with Crippen molar-refractivity contribution in [2.75, 3.05) is 0 Å². The molecular formula is C15H14N4O3. The standard InChI is InChI=1S/C15H14N4O3/c1-10-9-13(3-4-14(10)19(21)22)15(20)18-17-11(2)12-5-7-16-8-6-12/h3-9H,1-2H3,(H,18,20). The van der Waals surface area contributed by atoms with E-state index in [1.165, 1.54) is 18.2 Å². The molecule has 1 amide bonds. The third-order valence-corrected chi connectivity index (χ3v) is 3.08. The summed E-state index contributed by atoms with van der Waals surface area (Å²) in [5.74, 6) is -0.425. The molecule has 2 rings (SSSR count). The van der Waals surface area contributed by atoms with Gasteiger partial charge in [-0.05, 0) is 38.1 Å². The van der Waals surface area contributed by atoms with Crippen LogP contribution in [0.4, 0.5) is 5.69 Å². The Morgan fingerprint density at radius 3 is 2.50 bits per heavy atom. The molecule has 0 saturated carbocycles. The second-order valence-corrected chi connectivity index (χ2v) is 4.63. The average Bonchev–Trinajstić information content (AvgIpc) is 2.52. The lowest BCUT2D eigenvalue weighted by Crippen LogP contribution is -2.19. The molecule has 2 aromatic rings. The van der Waals surface area contributed by atoms with E-state index in [0.29, 0.717) is 16.8 Å². The number of nitrogens with zero attached hydrogens (tertiary/aromatic N) is 3. The van der Waals surface area contributed by atoms with Crippen LogP contribution in [0.3, 0.4) is 0 Å². The molecule has 22 heavy (non-hydrogen) atoms. The number of rotatable bonds is 4. The monoisotopic (exact) mass is 298 g/mol. The van der Waals surface area contributed by atoms with Crippen LogP contribution in [0.1, 0.15) is 28.4 Å². The number of aryl methyl sites for hydroxylation is 1. The van der Waals surface area contributed by atoms with Crippen LogP contribution in [0, 0.1) is 17.0 Å². The lowest BCUT2D eigenvalue weighted by atomic mass is 10.1. The molecule has 7 heteroatoms. The molecule has 1 aromatic carbocycles. The summed E-state index contributed by atoms with van der Waals surface area (Å²) >= 11 is 0. The topological polar surface area (TPSA) is 97.5 Å². The zero-order valence-corrected chi connectivity index (χ0v) is 12.1. The van der Waals surface area contributed by atoms with Gasteiger partial charge in [0.15, 0.2) is 0 Å². The Labute approximate surface area is 126 Å². The van der Waals surface area contributed by atoms with Gasteiger partial charge in [-0.1, -0.05) is 0 Å². The highest BCUT2D eigenvalue weighted by Gasteiger charge is 2.13. The van der Waals surface area contributed by atoms with Crippen LogP contribution in [0.25, 0.3) is 0 Å². The number of carbonyl (C=O) groups is 1. The molecule has 0 aliphatic carbocycles. The van der Waals surface area contributed by atoms with Crippen LogP contribution in [0.2, 0.25) is 0 Å². The van der Waals surface area contributed by atoms with E-state index in [-0.39, 0.29) is 5.69 Å². The first-order chi connectivity index (χ1) is 10.5. The van der Waals surface area contributed by atoms with Crippen molar-refractivity contribution in [3.63, 3.8) is 0 Å². The molecule has 0 atom stereocenters. The largest absolute Gasteiger partial charge is 0.272 e. The van der Waals surface area contributed by atoms with Gasteiger partial charge in [0, 0.05) is 35.2 Å². The molecule has 0 unspecified atom stereocenters. The fourth-order valence-electron chi connectivity index (χ4n) is 1.86. The van der Waals surface area contributed by atoms with Gasteiger partial charge in [0.25, 0.3) is 11.6 Å². The van der Waals surface area contributed by atoms with Crippen LogP contribution in [-0.2, 0) is 0 Å². The van der Waals surface area contributed by atoms with Crippen molar-refractivity contribution in [1.82, 2.24) is 10.4 Å². The van der Waals surface area contributed by atoms with E-state index in [2.05, 4.69) is 15.5 Å². The number of hydrazone groups is 1. The number of amides is 1. The first kappa shape index (κ1) is 15.3. The van der Waals surface area contributed by atoms with E-state index in [1.807, 2.05) is 0 Å². The predicted octanol–water partition coefficient (Wildman–Crippen LogP) is 2.45. The Bertz CT molecular complexity index is 742. The summed E-state index contributed by atoms with van der Waals surface area (Å²) in [6.45, 7) is 3.34. The van der Waals surface area contributed by atoms with Gasteiger partial charge in [-0.3, -0.25) is 19.9 Å². The van der Waals surface area contributed by atoms with Crippen LogP contribution in [0.5, 0.6) is 0 Å². The Hall–Kier alpha value is -3.09. The van der Waals surface area contributed by atoms with Crippen molar-refractivity contribution < 1.29 is 9.72 Å². The molecule has 0 spiro atoms. The molecule has 1 aromatic heterocycles. The van der Waals surface area contributed by atoms with E-state index in [9.17, 15) is 14.9 Å².